The Kier molecular flexibility index (Phi) is 10.4. The number of rotatable bonds is 11. The van der Waals surface area contributed by atoms with Crippen molar-refractivity contribution < 1.29 is 0 Å². The summed E-state index contributed by atoms with van der Waals surface area (Å²) in [4.78, 5) is 2.80. The molecule has 1 saturated heterocycles. The zero-order valence-electron chi connectivity index (χ0n) is 15.2. The smallest absolute Gasteiger partial charge is 0.0221 e. The minimum absolute atomic E-state index is 0.721. The third-order valence-electron chi connectivity index (χ3n) is 4.79. The Balaban J connectivity index is 2.29. The SMILES string of the molecule is CCCCCCCCN1CC(CC(C)C)NCC1CCC. The lowest BCUT2D eigenvalue weighted by molar-refractivity contribution is 0.112. The minimum atomic E-state index is 0.721. The van der Waals surface area contributed by atoms with Gasteiger partial charge in [0, 0.05) is 25.2 Å². The molecule has 0 amide bonds. The van der Waals surface area contributed by atoms with E-state index in [1.165, 1.54) is 77.4 Å². The summed E-state index contributed by atoms with van der Waals surface area (Å²) in [5, 5.41) is 3.79. The third kappa shape index (κ3) is 8.21. The molecule has 126 valence electrons. The van der Waals surface area contributed by atoms with Gasteiger partial charge in [-0.3, -0.25) is 4.90 Å². The van der Waals surface area contributed by atoms with Crippen molar-refractivity contribution in [1.82, 2.24) is 10.2 Å². The number of unbranched alkanes of at least 4 members (excludes halogenated alkanes) is 5. The molecule has 2 unspecified atom stereocenters. The quantitative estimate of drug-likeness (QED) is 0.549. The predicted molar refractivity (Wildman–Crippen MR) is 94.9 cm³/mol. The molecular weight excluding hydrogens is 256 g/mol. The van der Waals surface area contributed by atoms with Crippen LogP contribution in [0.25, 0.3) is 0 Å². The fourth-order valence-corrected chi connectivity index (χ4v) is 3.64. The molecule has 0 aromatic carbocycles. The summed E-state index contributed by atoms with van der Waals surface area (Å²) in [5.41, 5.74) is 0. The van der Waals surface area contributed by atoms with Crippen molar-refractivity contribution in [2.45, 2.75) is 97.6 Å². The van der Waals surface area contributed by atoms with E-state index in [-0.39, 0.29) is 0 Å². The zero-order chi connectivity index (χ0) is 15.5. The molecule has 0 saturated carbocycles. The van der Waals surface area contributed by atoms with Crippen LogP contribution in [0.5, 0.6) is 0 Å². The van der Waals surface area contributed by atoms with Gasteiger partial charge in [-0.25, -0.2) is 0 Å². The maximum absolute atomic E-state index is 3.79. The maximum atomic E-state index is 3.79. The van der Waals surface area contributed by atoms with Gasteiger partial charge in [-0.1, -0.05) is 66.2 Å². The van der Waals surface area contributed by atoms with E-state index in [0.29, 0.717) is 0 Å². The molecule has 0 bridgehead atoms. The highest BCUT2D eigenvalue weighted by Crippen LogP contribution is 2.17. The van der Waals surface area contributed by atoms with Crippen LogP contribution in [0.2, 0.25) is 0 Å². The Labute approximate surface area is 134 Å². The van der Waals surface area contributed by atoms with Gasteiger partial charge in [-0.05, 0) is 31.7 Å². The summed E-state index contributed by atoms with van der Waals surface area (Å²) >= 11 is 0. The van der Waals surface area contributed by atoms with E-state index in [0.717, 1.165) is 18.0 Å². The van der Waals surface area contributed by atoms with Crippen LogP contribution in [0.15, 0.2) is 0 Å². The Hall–Kier alpha value is -0.0800. The molecule has 0 aromatic rings. The van der Waals surface area contributed by atoms with E-state index in [2.05, 4.69) is 37.9 Å². The highest BCUT2D eigenvalue weighted by atomic mass is 15.2. The summed E-state index contributed by atoms with van der Waals surface area (Å²) in [7, 11) is 0. The van der Waals surface area contributed by atoms with E-state index in [1.54, 1.807) is 0 Å². The predicted octanol–water partition coefficient (Wildman–Crippen LogP) is 4.84. The van der Waals surface area contributed by atoms with Crippen molar-refractivity contribution in [1.29, 1.82) is 0 Å². The van der Waals surface area contributed by atoms with Gasteiger partial charge < -0.3 is 5.32 Å². The van der Waals surface area contributed by atoms with Crippen LogP contribution in [0.1, 0.15) is 85.5 Å². The average molecular weight is 297 g/mol. The molecule has 21 heavy (non-hydrogen) atoms. The number of nitrogens with one attached hydrogen (secondary N) is 1. The Morgan fingerprint density at radius 2 is 1.71 bits per heavy atom. The lowest BCUT2D eigenvalue weighted by Gasteiger charge is -2.41. The summed E-state index contributed by atoms with van der Waals surface area (Å²) in [6.45, 7) is 13.1. The average Bonchev–Trinajstić information content (AvgIpc) is 2.44. The second kappa shape index (κ2) is 11.5. The molecule has 1 N–H and O–H groups in total. The van der Waals surface area contributed by atoms with Crippen molar-refractivity contribution in [2.75, 3.05) is 19.6 Å². The largest absolute Gasteiger partial charge is 0.311 e. The molecule has 0 spiro atoms. The van der Waals surface area contributed by atoms with E-state index >= 15 is 0 Å². The van der Waals surface area contributed by atoms with Crippen molar-refractivity contribution in [3.05, 3.63) is 0 Å². The molecule has 2 atom stereocenters. The molecule has 1 rings (SSSR count). The topological polar surface area (TPSA) is 15.3 Å². The second-order valence-electron chi connectivity index (χ2n) is 7.44. The molecule has 2 heteroatoms. The first-order valence-corrected chi connectivity index (χ1v) is 9.64. The fourth-order valence-electron chi connectivity index (χ4n) is 3.64. The van der Waals surface area contributed by atoms with Crippen LogP contribution in [0.3, 0.4) is 0 Å². The Morgan fingerprint density at radius 1 is 1.00 bits per heavy atom. The van der Waals surface area contributed by atoms with E-state index in [9.17, 15) is 0 Å². The van der Waals surface area contributed by atoms with Crippen molar-refractivity contribution in [3.63, 3.8) is 0 Å². The van der Waals surface area contributed by atoms with Gasteiger partial charge in [0.1, 0.15) is 0 Å². The van der Waals surface area contributed by atoms with Crippen LogP contribution >= 0.6 is 0 Å². The summed E-state index contributed by atoms with van der Waals surface area (Å²) in [6.07, 6.45) is 12.5. The van der Waals surface area contributed by atoms with Crippen LogP contribution in [-0.2, 0) is 0 Å². The van der Waals surface area contributed by atoms with E-state index in [4.69, 9.17) is 0 Å². The maximum Gasteiger partial charge on any atom is 0.0221 e. The van der Waals surface area contributed by atoms with Crippen LogP contribution < -0.4 is 5.32 Å². The number of nitrogens with zero attached hydrogens (tertiary/aromatic N) is 1. The molecule has 1 aliphatic heterocycles. The molecule has 0 aromatic heterocycles. The van der Waals surface area contributed by atoms with Gasteiger partial charge >= 0.3 is 0 Å². The first-order chi connectivity index (χ1) is 10.2. The van der Waals surface area contributed by atoms with Crippen LogP contribution in [-0.4, -0.2) is 36.6 Å². The molecule has 0 radical (unpaired) electrons. The number of hydrogen-bond donors (Lipinski definition) is 1. The molecule has 1 heterocycles. The standard InChI is InChI=1S/C19H40N2/c1-5-7-8-9-10-11-13-21-16-18(14-17(3)4)20-15-19(21)12-6-2/h17-20H,5-16H2,1-4H3. The molecule has 2 nitrogen and oxygen atoms in total. The van der Waals surface area contributed by atoms with Crippen molar-refractivity contribution >= 4 is 0 Å². The highest BCUT2D eigenvalue weighted by molar-refractivity contribution is 4.86. The third-order valence-corrected chi connectivity index (χ3v) is 4.79. The van der Waals surface area contributed by atoms with Crippen LogP contribution in [0.4, 0.5) is 0 Å². The van der Waals surface area contributed by atoms with Gasteiger partial charge in [-0.2, -0.15) is 0 Å². The summed E-state index contributed by atoms with van der Waals surface area (Å²) in [6, 6.07) is 1.51. The Bertz CT molecular complexity index is 240. The number of hydrogen-bond acceptors (Lipinski definition) is 2. The van der Waals surface area contributed by atoms with Gasteiger partial charge in [0.15, 0.2) is 0 Å². The first kappa shape index (κ1) is 19.0. The van der Waals surface area contributed by atoms with Gasteiger partial charge in [-0.15, -0.1) is 0 Å². The van der Waals surface area contributed by atoms with Crippen molar-refractivity contribution in [2.24, 2.45) is 5.92 Å². The molecule has 0 aliphatic carbocycles. The van der Waals surface area contributed by atoms with E-state index < -0.39 is 0 Å². The lowest BCUT2D eigenvalue weighted by atomic mass is 9.98. The second-order valence-corrected chi connectivity index (χ2v) is 7.44. The van der Waals surface area contributed by atoms with E-state index in [1.807, 2.05) is 0 Å². The van der Waals surface area contributed by atoms with Gasteiger partial charge in [0.05, 0.1) is 0 Å². The normalized spacial score (nSPS) is 23.9. The number of piperazine rings is 1. The minimum Gasteiger partial charge on any atom is -0.311 e. The fraction of sp³-hybridized carbons (Fsp3) is 1.00. The lowest BCUT2D eigenvalue weighted by Crippen LogP contribution is -2.56. The van der Waals surface area contributed by atoms with Crippen molar-refractivity contribution in [3.8, 4) is 0 Å². The molecule has 1 fully saturated rings. The monoisotopic (exact) mass is 296 g/mol. The summed E-state index contributed by atoms with van der Waals surface area (Å²) < 4.78 is 0. The molecule has 1 aliphatic rings. The molecular formula is C19H40N2. The summed E-state index contributed by atoms with van der Waals surface area (Å²) in [5.74, 6) is 0.807. The van der Waals surface area contributed by atoms with Gasteiger partial charge in [0.2, 0.25) is 0 Å². The highest BCUT2D eigenvalue weighted by Gasteiger charge is 2.26. The van der Waals surface area contributed by atoms with Crippen LogP contribution in [0, 0.1) is 5.92 Å². The first-order valence-electron chi connectivity index (χ1n) is 9.64. The van der Waals surface area contributed by atoms with Gasteiger partial charge in [0.25, 0.3) is 0 Å². The Morgan fingerprint density at radius 3 is 2.38 bits per heavy atom. The zero-order valence-corrected chi connectivity index (χ0v) is 15.2.